The van der Waals surface area contributed by atoms with E-state index in [0.717, 1.165) is 17.1 Å². The Morgan fingerprint density at radius 2 is 1.84 bits per heavy atom. The van der Waals surface area contributed by atoms with Gasteiger partial charge in [-0.15, -0.1) is 0 Å². The quantitative estimate of drug-likeness (QED) is 0.660. The van der Waals surface area contributed by atoms with E-state index in [1.165, 1.54) is 0 Å². The largest absolute Gasteiger partial charge is 0.497 e. The van der Waals surface area contributed by atoms with E-state index >= 15 is 0 Å². The summed E-state index contributed by atoms with van der Waals surface area (Å²) in [5.74, 6) is 2.13. The summed E-state index contributed by atoms with van der Waals surface area (Å²) in [5.41, 5.74) is 3.72. The summed E-state index contributed by atoms with van der Waals surface area (Å²) in [7, 11) is 3.23. The van der Waals surface area contributed by atoms with Gasteiger partial charge in [-0.2, -0.15) is 5.10 Å². The zero-order valence-electron chi connectivity index (χ0n) is 10.8. The van der Waals surface area contributed by atoms with Crippen molar-refractivity contribution in [3.05, 3.63) is 48.2 Å². The highest BCUT2D eigenvalue weighted by Gasteiger charge is 1.99. The van der Waals surface area contributed by atoms with E-state index < -0.39 is 0 Å². The Bertz CT molecular complexity index is 534. The van der Waals surface area contributed by atoms with Crippen molar-refractivity contribution in [3.8, 4) is 11.5 Å². The molecule has 5 nitrogen and oxygen atoms in total. The average Bonchev–Trinajstić information content (AvgIpc) is 2.48. The third kappa shape index (κ3) is 3.70. The van der Waals surface area contributed by atoms with Crippen molar-refractivity contribution >= 4 is 12.0 Å². The van der Waals surface area contributed by atoms with Crippen molar-refractivity contribution in [1.29, 1.82) is 0 Å². The van der Waals surface area contributed by atoms with Crippen LogP contribution in [0.1, 0.15) is 5.56 Å². The Kier molecular flexibility index (Phi) is 4.34. The number of hydrazone groups is 1. The first-order chi connectivity index (χ1) is 9.31. The van der Waals surface area contributed by atoms with Crippen LogP contribution in [0.15, 0.2) is 47.7 Å². The van der Waals surface area contributed by atoms with Gasteiger partial charge < -0.3 is 9.47 Å². The second-order valence-corrected chi connectivity index (χ2v) is 3.73. The van der Waals surface area contributed by atoms with E-state index in [-0.39, 0.29) is 0 Å². The second-order valence-electron chi connectivity index (χ2n) is 3.73. The molecular formula is C14H15N3O2. The van der Waals surface area contributed by atoms with Gasteiger partial charge in [0.25, 0.3) is 0 Å². The van der Waals surface area contributed by atoms with Crippen LogP contribution in [0.4, 0.5) is 5.82 Å². The number of methoxy groups -OCH3 is 2. The molecule has 1 aromatic carbocycles. The molecule has 0 saturated heterocycles. The summed E-state index contributed by atoms with van der Waals surface area (Å²) in [6.07, 6.45) is 3.38. The van der Waals surface area contributed by atoms with Gasteiger partial charge in [0.1, 0.15) is 17.3 Å². The van der Waals surface area contributed by atoms with Crippen LogP contribution in [-0.2, 0) is 0 Å². The molecule has 0 saturated carbocycles. The third-order valence-corrected chi connectivity index (χ3v) is 2.43. The molecule has 0 unspecified atom stereocenters. The highest BCUT2D eigenvalue weighted by atomic mass is 16.5. The molecule has 1 N–H and O–H groups in total. The third-order valence-electron chi connectivity index (χ3n) is 2.43. The molecule has 5 heteroatoms. The maximum atomic E-state index is 5.19. The second kappa shape index (κ2) is 6.39. The highest BCUT2D eigenvalue weighted by molar-refractivity contribution is 5.81. The Morgan fingerprint density at radius 1 is 1.11 bits per heavy atom. The Labute approximate surface area is 111 Å². The number of hydrogen-bond donors (Lipinski definition) is 1. The first-order valence-corrected chi connectivity index (χ1v) is 5.75. The molecule has 2 rings (SSSR count). The number of hydrogen-bond acceptors (Lipinski definition) is 5. The molecule has 19 heavy (non-hydrogen) atoms. The van der Waals surface area contributed by atoms with E-state index in [2.05, 4.69) is 15.5 Å². The maximum Gasteiger partial charge on any atom is 0.146 e. The summed E-state index contributed by atoms with van der Waals surface area (Å²) in [6, 6.07) is 11.1. The Morgan fingerprint density at radius 3 is 2.42 bits per heavy atom. The lowest BCUT2D eigenvalue weighted by molar-refractivity contribution is 0.394. The molecular weight excluding hydrogens is 242 g/mol. The van der Waals surface area contributed by atoms with Gasteiger partial charge in [0.05, 0.1) is 20.4 Å². The summed E-state index contributed by atoms with van der Waals surface area (Å²) in [5, 5.41) is 4.11. The summed E-state index contributed by atoms with van der Waals surface area (Å²) in [4.78, 5) is 4.10. The zero-order valence-corrected chi connectivity index (χ0v) is 10.8. The number of aromatic nitrogens is 1. The number of ether oxygens (including phenoxy) is 2. The minimum absolute atomic E-state index is 0.689. The van der Waals surface area contributed by atoms with E-state index in [1.54, 1.807) is 26.6 Å². The molecule has 0 aliphatic rings. The van der Waals surface area contributed by atoms with Crippen LogP contribution in [0, 0.1) is 0 Å². The van der Waals surface area contributed by atoms with Crippen LogP contribution in [0.25, 0.3) is 0 Å². The fourth-order valence-corrected chi connectivity index (χ4v) is 1.51. The van der Waals surface area contributed by atoms with Gasteiger partial charge in [-0.25, -0.2) is 4.98 Å². The van der Waals surface area contributed by atoms with Gasteiger partial charge >= 0.3 is 0 Å². The van der Waals surface area contributed by atoms with Gasteiger partial charge in [0.2, 0.25) is 0 Å². The van der Waals surface area contributed by atoms with Gasteiger partial charge in [-0.05, 0) is 24.3 Å². The van der Waals surface area contributed by atoms with Crippen molar-refractivity contribution in [2.24, 2.45) is 5.10 Å². The van der Waals surface area contributed by atoms with E-state index in [0.29, 0.717) is 5.82 Å². The number of benzene rings is 1. The number of anilines is 1. The Hall–Kier alpha value is -2.56. The predicted molar refractivity (Wildman–Crippen MR) is 75.0 cm³/mol. The first-order valence-electron chi connectivity index (χ1n) is 5.75. The van der Waals surface area contributed by atoms with Crippen molar-refractivity contribution in [1.82, 2.24) is 4.98 Å². The van der Waals surface area contributed by atoms with Gasteiger partial charge in [-0.3, -0.25) is 5.43 Å². The minimum Gasteiger partial charge on any atom is -0.497 e. The average molecular weight is 257 g/mol. The fourth-order valence-electron chi connectivity index (χ4n) is 1.51. The standard InChI is InChI=1S/C14H15N3O2/c1-18-12-7-11(8-13(9-12)19-2)10-16-17-14-5-3-4-6-15-14/h3-10H,1-2H3,(H,15,17)/b16-10+. The molecule has 2 aromatic rings. The number of pyridine rings is 1. The van der Waals surface area contributed by atoms with Crippen LogP contribution in [0.3, 0.4) is 0 Å². The monoisotopic (exact) mass is 257 g/mol. The first kappa shape index (κ1) is 12.9. The van der Waals surface area contributed by atoms with Crippen LogP contribution >= 0.6 is 0 Å². The zero-order chi connectivity index (χ0) is 13.5. The summed E-state index contributed by atoms with van der Waals surface area (Å²) < 4.78 is 10.4. The molecule has 0 atom stereocenters. The van der Waals surface area contributed by atoms with Gasteiger partial charge in [0.15, 0.2) is 0 Å². The predicted octanol–water partition coefficient (Wildman–Crippen LogP) is 2.54. The van der Waals surface area contributed by atoms with Crippen molar-refractivity contribution in [2.45, 2.75) is 0 Å². The minimum atomic E-state index is 0.689. The molecule has 0 aliphatic carbocycles. The molecule has 1 heterocycles. The van der Waals surface area contributed by atoms with Crippen LogP contribution in [0.2, 0.25) is 0 Å². The lowest BCUT2D eigenvalue weighted by Gasteiger charge is -2.05. The molecule has 98 valence electrons. The molecule has 0 bridgehead atoms. The van der Waals surface area contributed by atoms with Crippen molar-refractivity contribution in [3.63, 3.8) is 0 Å². The van der Waals surface area contributed by atoms with Crippen molar-refractivity contribution < 1.29 is 9.47 Å². The highest BCUT2D eigenvalue weighted by Crippen LogP contribution is 2.21. The molecule has 0 fully saturated rings. The molecule has 1 aromatic heterocycles. The van der Waals surface area contributed by atoms with Gasteiger partial charge in [0, 0.05) is 17.8 Å². The Balaban J connectivity index is 2.10. The lowest BCUT2D eigenvalue weighted by atomic mass is 10.2. The SMILES string of the molecule is COc1cc(/C=N/Nc2ccccn2)cc(OC)c1. The lowest BCUT2D eigenvalue weighted by Crippen LogP contribution is -1.94. The number of nitrogens with one attached hydrogen (secondary N) is 1. The molecule has 0 radical (unpaired) electrons. The smallest absolute Gasteiger partial charge is 0.146 e. The van der Waals surface area contributed by atoms with E-state index in [1.807, 2.05) is 36.4 Å². The van der Waals surface area contributed by atoms with Gasteiger partial charge in [-0.1, -0.05) is 6.07 Å². The fraction of sp³-hybridized carbons (Fsp3) is 0.143. The van der Waals surface area contributed by atoms with Crippen LogP contribution in [0.5, 0.6) is 11.5 Å². The number of nitrogens with zero attached hydrogens (tertiary/aromatic N) is 2. The maximum absolute atomic E-state index is 5.19. The van der Waals surface area contributed by atoms with E-state index in [9.17, 15) is 0 Å². The molecule has 0 spiro atoms. The summed E-state index contributed by atoms with van der Waals surface area (Å²) >= 11 is 0. The normalized spacial score (nSPS) is 10.4. The molecule has 0 aliphatic heterocycles. The van der Waals surface area contributed by atoms with Crippen molar-refractivity contribution in [2.75, 3.05) is 19.6 Å². The topological polar surface area (TPSA) is 55.7 Å². The van der Waals surface area contributed by atoms with Crippen LogP contribution < -0.4 is 14.9 Å². The number of rotatable bonds is 5. The molecule has 0 amide bonds. The van der Waals surface area contributed by atoms with E-state index in [4.69, 9.17) is 9.47 Å². The summed E-state index contributed by atoms with van der Waals surface area (Å²) in [6.45, 7) is 0. The van der Waals surface area contributed by atoms with Crippen LogP contribution in [-0.4, -0.2) is 25.4 Å².